The second-order valence-electron chi connectivity index (χ2n) is 8.68. The molecule has 1 N–H and O–H groups in total. The van der Waals surface area contributed by atoms with Gasteiger partial charge in [-0.05, 0) is 65.1 Å². The minimum absolute atomic E-state index is 0.0418. The average molecular weight is 531 g/mol. The van der Waals surface area contributed by atoms with Gasteiger partial charge in [0, 0.05) is 35.0 Å². The van der Waals surface area contributed by atoms with Crippen molar-refractivity contribution in [1.82, 2.24) is 10.2 Å². The third-order valence-electron chi connectivity index (χ3n) is 6.09. The first-order valence-corrected chi connectivity index (χ1v) is 13.6. The van der Waals surface area contributed by atoms with Crippen molar-refractivity contribution in [3.63, 3.8) is 0 Å². The lowest BCUT2D eigenvalue weighted by molar-refractivity contribution is -0.125. The molecule has 0 aliphatic carbocycles. The van der Waals surface area contributed by atoms with Crippen molar-refractivity contribution in [3.8, 4) is 0 Å². The quantitative estimate of drug-likeness (QED) is 0.465. The van der Waals surface area contributed by atoms with Crippen LogP contribution in [0.2, 0.25) is 10.0 Å². The summed E-state index contributed by atoms with van der Waals surface area (Å²) in [5, 5.41) is 3.96. The average Bonchev–Trinajstić information content (AvgIpc) is 3.08. The summed E-state index contributed by atoms with van der Waals surface area (Å²) >= 11 is 12.2. The van der Waals surface area contributed by atoms with Crippen molar-refractivity contribution in [2.75, 3.05) is 12.8 Å². The van der Waals surface area contributed by atoms with Gasteiger partial charge in [-0.2, -0.15) is 0 Å². The highest BCUT2D eigenvalue weighted by molar-refractivity contribution is 7.90. The van der Waals surface area contributed by atoms with E-state index in [-0.39, 0.29) is 29.2 Å². The zero-order valence-corrected chi connectivity index (χ0v) is 21.5. The number of halogens is 2. The van der Waals surface area contributed by atoms with E-state index in [9.17, 15) is 18.0 Å². The number of hydrogen-bond donors (Lipinski definition) is 1. The Balaban J connectivity index is 1.56. The van der Waals surface area contributed by atoms with E-state index in [1.807, 2.05) is 19.1 Å². The minimum Gasteiger partial charge on any atom is -0.350 e. The summed E-state index contributed by atoms with van der Waals surface area (Å²) in [5.74, 6) is -0.607. The lowest BCUT2D eigenvalue weighted by atomic mass is 9.99. The van der Waals surface area contributed by atoms with Gasteiger partial charge >= 0.3 is 0 Å². The fourth-order valence-corrected chi connectivity index (χ4v) is 5.13. The fourth-order valence-electron chi connectivity index (χ4n) is 4.20. The normalized spacial score (nSPS) is 16.2. The van der Waals surface area contributed by atoms with Gasteiger partial charge < -0.3 is 10.2 Å². The van der Waals surface area contributed by atoms with E-state index in [0.717, 1.165) is 17.4 Å². The van der Waals surface area contributed by atoms with Gasteiger partial charge in [-0.3, -0.25) is 9.59 Å². The van der Waals surface area contributed by atoms with Crippen LogP contribution in [0.4, 0.5) is 0 Å². The van der Waals surface area contributed by atoms with Gasteiger partial charge in [-0.25, -0.2) is 8.42 Å². The van der Waals surface area contributed by atoms with Gasteiger partial charge in [0.25, 0.3) is 5.91 Å². The number of carbonyl (C=O) groups excluding carboxylic acids is 2. The van der Waals surface area contributed by atoms with Gasteiger partial charge in [0.05, 0.1) is 4.90 Å². The van der Waals surface area contributed by atoms with Crippen LogP contribution >= 0.6 is 23.2 Å². The van der Waals surface area contributed by atoms with Crippen molar-refractivity contribution >= 4 is 44.9 Å². The van der Waals surface area contributed by atoms with Gasteiger partial charge in [-0.1, -0.05) is 54.4 Å². The molecule has 1 heterocycles. The number of benzene rings is 3. The highest BCUT2D eigenvalue weighted by Crippen LogP contribution is 2.37. The van der Waals surface area contributed by atoms with Crippen LogP contribution in [0.3, 0.4) is 0 Å². The molecule has 0 bridgehead atoms. The molecule has 2 unspecified atom stereocenters. The Morgan fingerprint density at radius 2 is 1.63 bits per heavy atom. The Kier molecular flexibility index (Phi) is 7.22. The van der Waals surface area contributed by atoms with Crippen LogP contribution < -0.4 is 5.32 Å². The molecule has 1 aliphatic heterocycles. The minimum atomic E-state index is -3.30. The van der Waals surface area contributed by atoms with Crippen LogP contribution in [0.25, 0.3) is 0 Å². The molecule has 3 aromatic rings. The van der Waals surface area contributed by atoms with Crippen LogP contribution in [0.5, 0.6) is 0 Å². The maximum absolute atomic E-state index is 13.4. The van der Waals surface area contributed by atoms with Crippen molar-refractivity contribution in [3.05, 3.63) is 99.0 Å². The van der Waals surface area contributed by atoms with E-state index in [1.165, 1.54) is 12.1 Å². The SMILES string of the molecule is CC(CN1C(=O)c2ccc(Cl)cc2C1C(=O)NCc1ccc(S(C)(=O)=O)cc1)c1ccc(Cl)cc1. The number of carbonyl (C=O) groups is 2. The van der Waals surface area contributed by atoms with E-state index in [4.69, 9.17) is 23.2 Å². The van der Waals surface area contributed by atoms with Crippen LogP contribution in [0, 0.1) is 0 Å². The van der Waals surface area contributed by atoms with E-state index >= 15 is 0 Å². The zero-order valence-electron chi connectivity index (χ0n) is 19.2. The third-order valence-corrected chi connectivity index (χ3v) is 7.70. The maximum atomic E-state index is 13.4. The smallest absolute Gasteiger partial charge is 0.255 e. The number of nitrogens with one attached hydrogen (secondary N) is 1. The molecule has 35 heavy (non-hydrogen) atoms. The van der Waals surface area contributed by atoms with Crippen molar-refractivity contribution in [1.29, 1.82) is 0 Å². The molecule has 9 heteroatoms. The summed E-state index contributed by atoms with van der Waals surface area (Å²) in [7, 11) is -3.30. The molecular formula is C26H24Cl2N2O4S. The molecule has 0 saturated heterocycles. The van der Waals surface area contributed by atoms with E-state index in [0.29, 0.717) is 27.7 Å². The summed E-state index contributed by atoms with van der Waals surface area (Å²) in [6, 6.07) is 17.9. The fraction of sp³-hybridized carbons (Fsp3) is 0.231. The molecule has 6 nitrogen and oxygen atoms in total. The standard InChI is InChI=1S/C26H24Cl2N2O4S/c1-16(18-5-7-19(27)8-6-18)15-30-24(23-13-20(28)9-12-22(23)26(30)32)25(31)29-14-17-3-10-21(11-4-17)35(2,33)34/h3-13,16,24H,14-15H2,1-2H3,(H,29,31). The van der Waals surface area contributed by atoms with Crippen LogP contribution in [-0.2, 0) is 21.2 Å². The predicted molar refractivity (Wildman–Crippen MR) is 136 cm³/mol. The summed E-state index contributed by atoms with van der Waals surface area (Å²) in [5.41, 5.74) is 2.76. The van der Waals surface area contributed by atoms with E-state index < -0.39 is 15.9 Å². The van der Waals surface area contributed by atoms with Gasteiger partial charge in [-0.15, -0.1) is 0 Å². The second kappa shape index (κ2) is 10.0. The lowest BCUT2D eigenvalue weighted by Crippen LogP contribution is -2.40. The molecule has 0 spiro atoms. The first-order valence-electron chi connectivity index (χ1n) is 11.0. The molecule has 0 fully saturated rings. The Labute approximate surface area is 214 Å². The molecular weight excluding hydrogens is 507 g/mol. The van der Waals surface area contributed by atoms with E-state index in [2.05, 4.69) is 5.32 Å². The van der Waals surface area contributed by atoms with Crippen molar-refractivity contribution in [2.24, 2.45) is 0 Å². The molecule has 0 radical (unpaired) electrons. The van der Waals surface area contributed by atoms with Gasteiger partial charge in [0.2, 0.25) is 5.91 Å². The third kappa shape index (κ3) is 5.53. The molecule has 182 valence electrons. The van der Waals surface area contributed by atoms with Gasteiger partial charge in [0.1, 0.15) is 6.04 Å². The molecule has 3 aromatic carbocycles. The summed E-state index contributed by atoms with van der Waals surface area (Å²) in [6.45, 7) is 2.50. The Bertz CT molecular complexity index is 1370. The van der Waals surface area contributed by atoms with Crippen LogP contribution in [0.1, 0.15) is 45.9 Å². The van der Waals surface area contributed by atoms with Gasteiger partial charge in [0.15, 0.2) is 9.84 Å². The highest BCUT2D eigenvalue weighted by atomic mass is 35.5. The van der Waals surface area contributed by atoms with E-state index in [1.54, 1.807) is 47.4 Å². The summed E-state index contributed by atoms with van der Waals surface area (Å²) in [4.78, 5) is 28.4. The molecule has 2 atom stereocenters. The van der Waals surface area contributed by atoms with Crippen molar-refractivity contribution in [2.45, 2.75) is 30.3 Å². The molecule has 2 amide bonds. The maximum Gasteiger partial charge on any atom is 0.255 e. The largest absolute Gasteiger partial charge is 0.350 e. The molecule has 0 saturated carbocycles. The lowest BCUT2D eigenvalue weighted by Gasteiger charge is -2.28. The Morgan fingerprint density at radius 3 is 2.26 bits per heavy atom. The number of fused-ring (bicyclic) bond motifs is 1. The molecule has 1 aliphatic rings. The first kappa shape index (κ1) is 25.2. The summed E-state index contributed by atoms with van der Waals surface area (Å²) in [6.07, 6.45) is 1.14. The first-order chi connectivity index (χ1) is 16.5. The van der Waals surface area contributed by atoms with Crippen molar-refractivity contribution < 1.29 is 18.0 Å². The summed E-state index contributed by atoms with van der Waals surface area (Å²) < 4.78 is 23.4. The number of nitrogens with zero attached hydrogens (tertiary/aromatic N) is 1. The van der Waals surface area contributed by atoms with Crippen LogP contribution in [0.15, 0.2) is 71.6 Å². The Morgan fingerprint density at radius 1 is 1.00 bits per heavy atom. The second-order valence-corrected chi connectivity index (χ2v) is 11.6. The molecule has 0 aromatic heterocycles. The van der Waals surface area contributed by atoms with Crippen LogP contribution in [-0.4, -0.2) is 37.9 Å². The number of rotatable bonds is 7. The highest BCUT2D eigenvalue weighted by Gasteiger charge is 2.41. The number of hydrogen-bond acceptors (Lipinski definition) is 4. The topological polar surface area (TPSA) is 83.6 Å². The zero-order chi connectivity index (χ0) is 25.3. The predicted octanol–water partition coefficient (Wildman–Crippen LogP) is 5.01. The Hall–Kier alpha value is -2.87. The number of amides is 2. The monoisotopic (exact) mass is 530 g/mol. The number of sulfone groups is 1. The molecule has 4 rings (SSSR count).